The highest BCUT2D eigenvalue weighted by Gasteiger charge is 2.29. The highest BCUT2D eigenvalue weighted by atomic mass is 32.2. The minimum atomic E-state index is -1.40. The van der Waals surface area contributed by atoms with Crippen LogP contribution in [0.4, 0.5) is 4.39 Å². The smallest absolute Gasteiger partial charge is 0.124 e. The van der Waals surface area contributed by atoms with E-state index in [1.165, 1.54) is 11.1 Å². The Hall–Kier alpha value is -3.87. The lowest BCUT2D eigenvalue weighted by molar-refractivity contribution is 0.625. The molecule has 0 saturated carbocycles. The van der Waals surface area contributed by atoms with Gasteiger partial charge in [0.05, 0.1) is 11.7 Å². The van der Waals surface area contributed by atoms with Crippen LogP contribution >= 0.6 is 9.39 Å². The van der Waals surface area contributed by atoms with Gasteiger partial charge in [-0.25, -0.2) is 4.39 Å². The molecule has 2 aromatic carbocycles. The van der Waals surface area contributed by atoms with Gasteiger partial charge in [0.15, 0.2) is 0 Å². The van der Waals surface area contributed by atoms with E-state index in [-0.39, 0.29) is 11.9 Å². The number of aromatic amines is 1. The predicted molar refractivity (Wildman–Crippen MR) is 170 cm³/mol. The highest BCUT2D eigenvalue weighted by Crippen LogP contribution is 2.34. The molecule has 3 N–H and O–H groups in total. The number of hydrogen-bond donors (Lipinski definition) is 3. The van der Waals surface area contributed by atoms with E-state index in [9.17, 15) is 4.39 Å². The van der Waals surface area contributed by atoms with Crippen LogP contribution in [-0.4, -0.2) is 34.7 Å². The molecule has 1 aromatic heterocycles. The second-order valence-electron chi connectivity index (χ2n) is 10.4. The van der Waals surface area contributed by atoms with Crippen LogP contribution in [0.25, 0.3) is 22.0 Å². The van der Waals surface area contributed by atoms with Gasteiger partial charge in [0.2, 0.25) is 0 Å². The molecule has 0 radical (unpaired) electrons. The van der Waals surface area contributed by atoms with E-state index in [0.29, 0.717) is 6.54 Å². The van der Waals surface area contributed by atoms with Gasteiger partial charge in [-0.3, -0.25) is 4.72 Å². The van der Waals surface area contributed by atoms with Crippen LogP contribution in [0.2, 0.25) is 0 Å². The molecule has 0 saturated heterocycles. The first kappa shape index (κ1) is 26.7. The molecule has 1 unspecified atom stereocenters. The van der Waals surface area contributed by atoms with Crippen molar-refractivity contribution in [1.82, 2.24) is 15.1 Å². The predicted octanol–water partition coefficient (Wildman–Crippen LogP) is 7.29. The van der Waals surface area contributed by atoms with E-state index < -0.39 is 9.39 Å². The summed E-state index contributed by atoms with van der Waals surface area (Å²) < 4.78 is 18.0. The zero-order valence-corrected chi connectivity index (χ0v) is 23.6. The van der Waals surface area contributed by atoms with E-state index in [0.717, 1.165) is 56.6 Å². The molecule has 2 aliphatic rings. The molecule has 39 heavy (non-hydrogen) atoms. The molecule has 0 fully saturated rings. The average molecular weight is 539 g/mol. The number of hydrazone groups is 1. The lowest BCUT2D eigenvalue weighted by Gasteiger charge is -2.18. The lowest BCUT2D eigenvalue weighted by Crippen LogP contribution is -2.24. The lowest BCUT2D eigenvalue weighted by atomic mass is 9.88. The van der Waals surface area contributed by atoms with E-state index in [2.05, 4.69) is 77.7 Å². The number of rotatable bonds is 8. The summed E-state index contributed by atoms with van der Waals surface area (Å²) in [7, 11) is -1.40. The largest absolute Gasteiger partial charge is 0.353 e. The van der Waals surface area contributed by atoms with Crippen LogP contribution in [0.1, 0.15) is 31.5 Å². The van der Waals surface area contributed by atoms with E-state index in [1.54, 1.807) is 12.1 Å². The summed E-state index contributed by atoms with van der Waals surface area (Å²) in [6.07, 6.45) is 13.5. The number of nitrogens with zero attached hydrogens (tertiary/aromatic N) is 1. The molecule has 4 nitrogen and oxygen atoms in total. The Morgan fingerprint density at radius 3 is 2.79 bits per heavy atom. The summed E-state index contributed by atoms with van der Waals surface area (Å²) >= 11 is 0. The molecule has 0 spiro atoms. The standard InChI is InChI=1S/C33H35FN4S/c1-7-21(3)14-23(8-2)24-12-13-31-29(18-24)33(38-37-31)32-19-28-27(10-9-11-30(28)36-32)25-15-22(16-26(34)17-25)20-35-39(4,5)6/h7-12,14-19,31,35-37H,1,4-5,13,20H2,2-3,6H3/b21-14-,23-8+. The first-order valence-electron chi connectivity index (χ1n) is 13.0. The molecule has 1 aliphatic carbocycles. The normalized spacial score (nSPS) is 17.8. The number of allylic oxidation sites excluding steroid dienone is 7. The molecule has 3 aromatic rings. The third-order valence-electron chi connectivity index (χ3n) is 7.03. The molecule has 1 atom stereocenters. The highest BCUT2D eigenvalue weighted by molar-refractivity contribution is 8.25. The van der Waals surface area contributed by atoms with Crippen molar-refractivity contribution in [2.45, 2.75) is 32.9 Å². The number of H-pyrrole nitrogens is 1. The molecule has 1 aliphatic heterocycles. The number of nitrogens with one attached hydrogen (secondary N) is 3. The van der Waals surface area contributed by atoms with Gasteiger partial charge in [0, 0.05) is 23.0 Å². The average Bonchev–Trinajstić information content (AvgIpc) is 3.53. The first-order chi connectivity index (χ1) is 18.6. The summed E-state index contributed by atoms with van der Waals surface area (Å²) in [6, 6.07) is 13.5. The Bertz CT molecular complexity index is 1730. The topological polar surface area (TPSA) is 52.2 Å². The summed E-state index contributed by atoms with van der Waals surface area (Å²) in [5.41, 5.74) is 13.4. The van der Waals surface area contributed by atoms with Crippen molar-refractivity contribution in [2.24, 2.45) is 5.10 Å². The van der Waals surface area contributed by atoms with Crippen molar-refractivity contribution in [1.29, 1.82) is 0 Å². The maximum Gasteiger partial charge on any atom is 0.124 e. The van der Waals surface area contributed by atoms with Crippen molar-refractivity contribution in [3.05, 3.63) is 119 Å². The number of fused-ring (bicyclic) bond motifs is 2. The fourth-order valence-electron chi connectivity index (χ4n) is 5.02. The monoisotopic (exact) mass is 538 g/mol. The van der Waals surface area contributed by atoms with E-state index in [4.69, 9.17) is 5.10 Å². The van der Waals surface area contributed by atoms with Crippen molar-refractivity contribution in [3.63, 3.8) is 0 Å². The Morgan fingerprint density at radius 1 is 1.23 bits per heavy atom. The molecule has 200 valence electrons. The zero-order valence-electron chi connectivity index (χ0n) is 22.8. The summed E-state index contributed by atoms with van der Waals surface area (Å²) in [5.74, 6) is 7.86. The van der Waals surface area contributed by atoms with Crippen molar-refractivity contribution in [2.75, 3.05) is 6.26 Å². The van der Waals surface area contributed by atoms with Gasteiger partial charge in [0.25, 0.3) is 0 Å². The van der Waals surface area contributed by atoms with Crippen LogP contribution in [-0.2, 0) is 6.54 Å². The Kier molecular flexibility index (Phi) is 7.34. The minimum absolute atomic E-state index is 0.143. The zero-order chi connectivity index (χ0) is 27.7. The van der Waals surface area contributed by atoms with Gasteiger partial charge < -0.3 is 10.4 Å². The third-order valence-corrected chi connectivity index (χ3v) is 7.87. The fourth-order valence-corrected chi connectivity index (χ4v) is 5.53. The number of hydrogen-bond acceptors (Lipinski definition) is 3. The van der Waals surface area contributed by atoms with Crippen LogP contribution in [0.3, 0.4) is 0 Å². The van der Waals surface area contributed by atoms with Crippen molar-refractivity contribution >= 4 is 37.7 Å². The molecule has 0 bridgehead atoms. The van der Waals surface area contributed by atoms with Crippen LogP contribution in [0.5, 0.6) is 0 Å². The van der Waals surface area contributed by atoms with Crippen molar-refractivity contribution in [3.8, 4) is 11.1 Å². The number of halogens is 1. The van der Waals surface area contributed by atoms with Crippen LogP contribution in [0.15, 0.2) is 107 Å². The van der Waals surface area contributed by atoms with Crippen LogP contribution in [0, 0.1) is 5.82 Å². The maximum absolute atomic E-state index is 14.7. The minimum Gasteiger partial charge on any atom is -0.353 e. The third kappa shape index (κ3) is 5.77. The second-order valence-corrected chi connectivity index (χ2v) is 13.2. The molecule has 2 heterocycles. The fraction of sp³-hybridized carbons (Fsp3) is 0.182. The van der Waals surface area contributed by atoms with E-state index in [1.807, 2.05) is 36.6 Å². The summed E-state index contributed by atoms with van der Waals surface area (Å²) in [5, 5.41) is 5.75. The van der Waals surface area contributed by atoms with Gasteiger partial charge in [-0.1, -0.05) is 60.3 Å². The van der Waals surface area contributed by atoms with Gasteiger partial charge >= 0.3 is 0 Å². The number of aromatic nitrogens is 1. The molecule has 0 amide bonds. The Labute approximate surface area is 231 Å². The molecule has 6 heteroatoms. The van der Waals surface area contributed by atoms with E-state index >= 15 is 0 Å². The van der Waals surface area contributed by atoms with Gasteiger partial charge in [0.1, 0.15) is 11.5 Å². The van der Waals surface area contributed by atoms with Gasteiger partial charge in [-0.2, -0.15) is 14.5 Å². The summed E-state index contributed by atoms with van der Waals surface area (Å²) in [4.78, 5) is 3.56. The van der Waals surface area contributed by atoms with Crippen LogP contribution < -0.4 is 10.1 Å². The van der Waals surface area contributed by atoms with Gasteiger partial charge in [-0.15, -0.1) is 0 Å². The second kappa shape index (κ2) is 10.7. The van der Waals surface area contributed by atoms with Crippen molar-refractivity contribution < 1.29 is 4.39 Å². The Balaban J connectivity index is 1.51. The number of benzene rings is 2. The first-order valence-corrected chi connectivity index (χ1v) is 15.4. The molecule has 5 rings (SSSR count). The maximum atomic E-state index is 14.7. The van der Waals surface area contributed by atoms with Gasteiger partial charge in [-0.05, 0) is 90.8 Å². The summed E-state index contributed by atoms with van der Waals surface area (Å²) in [6.45, 7) is 8.51. The SMILES string of the molecule is C=C/C(C)=C\C(=C/C)C1=CCC2NN=C(c3cc4c(-c5cc(F)cc(CNS(=C)(=C)C)c5)cccc4[nH]3)C2=C1. The quantitative estimate of drug-likeness (QED) is 0.208. The molecular weight excluding hydrogens is 503 g/mol. The Morgan fingerprint density at radius 2 is 2.05 bits per heavy atom. The molecular formula is C33H35FN4S.